The molecule has 0 N–H and O–H groups in total. The molecule has 74 valence electrons. The molecule has 0 heterocycles. The lowest BCUT2D eigenvalue weighted by Gasteiger charge is -1.87. The summed E-state index contributed by atoms with van der Waals surface area (Å²) in [6, 6.07) is 0. The van der Waals surface area contributed by atoms with E-state index in [0.717, 1.165) is 25.7 Å². The van der Waals surface area contributed by atoms with Gasteiger partial charge in [0.15, 0.2) is 0 Å². The molecule has 1 rings (SSSR count). The van der Waals surface area contributed by atoms with Crippen molar-refractivity contribution in [3.63, 3.8) is 0 Å². The van der Waals surface area contributed by atoms with Crippen LogP contribution in [0.15, 0.2) is 60.8 Å². The molecular formula is C14H18. The van der Waals surface area contributed by atoms with Gasteiger partial charge in [-0.25, -0.2) is 0 Å². The monoisotopic (exact) mass is 186 g/mol. The van der Waals surface area contributed by atoms with Crippen molar-refractivity contribution in [3.05, 3.63) is 60.8 Å². The van der Waals surface area contributed by atoms with Crippen LogP contribution < -0.4 is 0 Å². The van der Waals surface area contributed by atoms with Gasteiger partial charge in [-0.05, 0) is 25.7 Å². The molecule has 14 heavy (non-hydrogen) atoms. The van der Waals surface area contributed by atoms with Gasteiger partial charge < -0.3 is 0 Å². The summed E-state index contributed by atoms with van der Waals surface area (Å²) in [6.45, 7) is 0. The Morgan fingerprint density at radius 1 is 0.357 bits per heavy atom. The van der Waals surface area contributed by atoms with Gasteiger partial charge in [-0.15, -0.1) is 0 Å². The van der Waals surface area contributed by atoms with Crippen LogP contribution in [-0.2, 0) is 0 Å². The topological polar surface area (TPSA) is 0 Å². The van der Waals surface area contributed by atoms with Crippen LogP contribution in [0.3, 0.4) is 0 Å². The van der Waals surface area contributed by atoms with E-state index < -0.39 is 0 Å². The highest BCUT2D eigenvalue weighted by Crippen LogP contribution is 1.97. The van der Waals surface area contributed by atoms with Gasteiger partial charge in [0.05, 0.1) is 0 Å². The Bertz CT molecular complexity index is 234. The summed E-state index contributed by atoms with van der Waals surface area (Å²) in [6.07, 6.45) is 26.0. The third-order valence-electron chi connectivity index (χ3n) is 1.99. The molecule has 0 radical (unpaired) electrons. The van der Waals surface area contributed by atoms with Crippen LogP contribution in [0.25, 0.3) is 0 Å². The van der Waals surface area contributed by atoms with Crippen LogP contribution in [0, 0.1) is 0 Å². The van der Waals surface area contributed by atoms with Crippen molar-refractivity contribution in [3.8, 4) is 0 Å². The fourth-order valence-electron chi connectivity index (χ4n) is 1.21. The van der Waals surface area contributed by atoms with Gasteiger partial charge in [0, 0.05) is 0 Å². The number of allylic oxidation sites excluding steroid dienone is 10. The summed E-state index contributed by atoms with van der Waals surface area (Å²) < 4.78 is 0. The van der Waals surface area contributed by atoms with Crippen molar-refractivity contribution in [2.75, 3.05) is 0 Å². The number of hydrogen-bond acceptors (Lipinski definition) is 0. The third-order valence-corrected chi connectivity index (χ3v) is 1.99. The summed E-state index contributed by atoms with van der Waals surface area (Å²) in [5, 5.41) is 0. The van der Waals surface area contributed by atoms with Gasteiger partial charge in [-0.2, -0.15) is 0 Å². The molecule has 0 bridgehead atoms. The molecule has 0 amide bonds. The normalized spacial score (nSPS) is 29.7. The second-order valence-electron chi connectivity index (χ2n) is 3.25. The number of hydrogen-bond donors (Lipinski definition) is 0. The lowest BCUT2D eigenvalue weighted by Crippen LogP contribution is -1.66. The van der Waals surface area contributed by atoms with Crippen molar-refractivity contribution in [2.24, 2.45) is 0 Å². The lowest BCUT2D eigenvalue weighted by molar-refractivity contribution is 1.04. The van der Waals surface area contributed by atoms with E-state index in [0.29, 0.717) is 0 Å². The van der Waals surface area contributed by atoms with Crippen molar-refractivity contribution >= 4 is 0 Å². The van der Waals surface area contributed by atoms with Crippen molar-refractivity contribution in [1.29, 1.82) is 0 Å². The largest absolute Gasteiger partial charge is 0.0842 e. The summed E-state index contributed by atoms with van der Waals surface area (Å²) in [7, 11) is 0. The van der Waals surface area contributed by atoms with Crippen LogP contribution in [-0.4, -0.2) is 0 Å². The maximum atomic E-state index is 2.21. The van der Waals surface area contributed by atoms with Gasteiger partial charge in [0.1, 0.15) is 0 Å². The molecule has 0 heteroatoms. The molecule has 0 aromatic rings. The molecule has 0 aromatic carbocycles. The Labute approximate surface area is 87.0 Å². The summed E-state index contributed by atoms with van der Waals surface area (Å²) in [4.78, 5) is 0. The summed E-state index contributed by atoms with van der Waals surface area (Å²) in [5.41, 5.74) is 0. The van der Waals surface area contributed by atoms with Crippen molar-refractivity contribution in [2.45, 2.75) is 25.7 Å². The molecule has 0 aromatic heterocycles. The van der Waals surface area contributed by atoms with Crippen LogP contribution in [0.1, 0.15) is 25.7 Å². The number of rotatable bonds is 0. The third kappa shape index (κ3) is 6.24. The molecular weight excluding hydrogens is 168 g/mol. The Morgan fingerprint density at radius 3 is 1.00 bits per heavy atom. The first-order valence-electron chi connectivity index (χ1n) is 5.30. The predicted molar refractivity (Wildman–Crippen MR) is 64.2 cm³/mol. The van der Waals surface area contributed by atoms with E-state index >= 15 is 0 Å². The molecule has 0 saturated carbocycles. The van der Waals surface area contributed by atoms with Gasteiger partial charge in [0.25, 0.3) is 0 Å². The second kappa shape index (κ2) is 8.31. The minimum Gasteiger partial charge on any atom is -0.0842 e. The van der Waals surface area contributed by atoms with E-state index in [2.05, 4.69) is 60.8 Å². The zero-order valence-electron chi connectivity index (χ0n) is 8.60. The molecule has 0 saturated heterocycles. The van der Waals surface area contributed by atoms with Gasteiger partial charge in [-0.1, -0.05) is 60.8 Å². The SMILES string of the molecule is C1=C\C=C/CC/C=C\C=C/CC\C=C/1. The zero-order valence-corrected chi connectivity index (χ0v) is 8.60. The Hall–Kier alpha value is -1.30. The molecule has 1 aliphatic rings. The van der Waals surface area contributed by atoms with E-state index in [-0.39, 0.29) is 0 Å². The molecule has 0 fully saturated rings. The van der Waals surface area contributed by atoms with Crippen LogP contribution in [0.4, 0.5) is 0 Å². The average molecular weight is 186 g/mol. The average Bonchev–Trinajstić information content (AvgIpc) is 2.22. The summed E-state index contributed by atoms with van der Waals surface area (Å²) >= 11 is 0. The molecule has 0 nitrogen and oxygen atoms in total. The zero-order chi connectivity index (χ0) is 9.90. The highest BCUT2D eigenvalue weighted by molar-refractivity contribution is 5.12. The van der Waals surface area contributed by atoms with E-state index in [4.69, 9.17) is 0 Å². The molecule has 0 aliphatic heterocycles. The van der Waals surface area contributed by atoms with Crippen molar-refractivity contribution in [1.82, 2.24) is 0 Å². The first kappa shape index (κ1) is 10.8. The van der Waals surface area contributed by atoms with Crippen LogP contribution >= 0.6 is 0 Å². The standard InChI is InChI=1S/C14H18/c1-2-4-6-8-10-12-14-13-11-9-7-5-3-1/h1-6,11-14H,7-10H2/b2-1-,5-3-,6-4-,13-11-,14-12-. The van der Waals surface area contributed by atoms with Gasteiger partial charge >= 0.3 is 0 Å². The minimum atomic E-state index is 1.12. The highest BCUT2D eigenvalue weighted by atomic mass is 13.8. The van der Waals surface area contributed by atoms with E-state index in [1.54, 1.807) is 0 Å². The fourth-order valence-corrected chi connectivity index (χ4v) is 1.21. The van der Waals surface area contributed by atoms with Gasteiger partial charge in [0.2, 0.25) is 0 Å². The fraction of sp³-hybridized carbons (Fsp3) is 0.286. The van der Waals surface area contributed by atoms with Gasteiger partial charge in [-0.3, -0.25) is 0 Å². The maximum Gasteiger partial charge on any atom is -0.0313 e. The molecule has 0 atom stereocenters. The molecule has 0 spiro atoms. The van der Waals surface area contributed by atoms with Crippen LogP contribution in [0.5, 0.6) is 0 Å². The first-order chi connectivity index (χ1) is 7.00. The minimum absolute atomic E-state index is 1.12. The Kier molecular flexibility index (Phi) is 6.39. The quantitative estimate of drug-likeness (QED) is 0.528. The second-order valence-corrected chi connectivity index (χ2v) is 3.25. The first-order valence-corrected chi connectivity index (χ1v) is 5.30. The van der Waals surface area contributed by atoms with E-state index in [1.807, 2.05) is 0 Å². The molecule has 1 aliphatic carbocycles. The summed E-state index contributed by atoms with van der Waals surface area (Å²) in [5.74, 6) is 0. The van der Waals surface area contributed by atoms with Crippen molar-refractivity contribution < 1.29 is 0 Å². The predicted octanol–water partition coefficient (Wildman–Crippen LogP) is 4.34. The van der Waals surface area contributed by atoms with E-state index in [1.165, 1.54) is 0 Å². The maximum absolute atomic E-state index is 2.21. The lowest BCUT2D eigenvalue weighted by atomic mass is 10.2. The smallest absolute Gasteiger partial charge is 0.0313 e. The van der Waals surface area contributed by atoms with Crippen LogP contribution in [0.2, 0.25) is 0 Å². The Morgan fingerprint density at radius 2 is 0.643 bits per heavy atom. The highest BCUT2D eigenvalue weighted by Gasteiger charge is 1.77. The van der Waals surface area contributed by atoms with E-state index in [9.17, 15) is 0 Å². The Balaban J connectivity index is 2.45. The molecule has 0 unspecified atom stereocenters.